The lowest BCUT2D eigenvalue weighted by Gasteiger charge is -2.31. The molecular formula is C10H15N3O5. The zero-order valence-electron chi connectivity index (χ0n) is 9.93. The molecule has 0 aromatic heterocycles. The van der Waals surface area contributed by atoms with Crippen LogP contribution >= 0.6 is 0 Å². The SMILES string of the molecule is CC1C(=O)NC(=O)CN1C(=O)NCCCC(=O)O. The molecule has 3 N–H and O–H groups in total. The van der Waals surface area contributed by atoms with E-state index < -0.39 is 29.9 Å². The van der Waals surface area contributed by atoms with Crippen molar-refractivity contribution in [1.82, 2.24) is 15.5 Å². The van der Waals surface area contributed by atoms with Crippen LogP contribution in [0.3, 0.4) is 0 Å². The number of urea groups is 1. The Bertz CT molecular complexity index is 382. The van der Waals surface area contributed by atoms with E-state index in [4.69, 9.17) is 5.11 Å². The number of imide groups is 1. The van der Waals surface area contributed by atoms with Crippen LogP contribution in [0.15, 0.2) is 0 Å². The normalized spacial score (nSPS) is 19.4. The van der Waals surface area contributed by atoms with Crippen LogP contribution in [-0.2, 0) is 14.4 Å². The maximum atomic E-state index is 11.7. The molecule has 1 fully saturated rings. The lowest BCUT2D eigenvalue weighted by molar-refractivity contribution is -0.138. The first-order valence-corrected chi connectivity index (χ1v) is 5.51. The summed E-state index contributed by atoms with van der Waals surface area (Å²) in [5.41, 5.74) is 0. The molecule has 1 unspecified atom stereocenters. The third kappa shape index (κ3) is 3.72. The Hall–Kier alpha value is -2.12. The van der Waals surface area contributed by atoms with Gasteiger partial charge < -0.3 is 15.3 Å². The summed E-state index contributed by atoms with van der Waals surface area (Å²) in [6.45, 7) is 1.51. The molecule has 1 heterocycles. The van der Waals surface area contributed by atoms with E-state index in [-0.39, 0.29) is 19.5 Å². The number of nitrogens with zero attached hydrogens (tertiary/aromatic N) is 1. The predicted molar refractivity (Wildman–Crippen MR) is 59.6 cm³/mol. The van der Waals surface area contributed by atoms with Gasteiger partial charge in [-0.15, -0.1) is 0 Å². The second kappa shape index (κ2) is 5.99. The number of carboxylic acid groups (broad SMARTS) is 1. The summed E-state index contributed by atoms with van der Waals surface area (Å²) in [7, 11) is 0. The molecular weight excluding hydrogens is 242 g/mol. The molecule has 0 aliphatic carbocycles. The molecule has 1 rings (SSSR count). The van der Waals surface area contributed by atoms with Gasteiger partial charge in [0, 0.05) is 13.0 Å². The molecule has 1 aliphatic heterocycles. The Kier molecular flexibility index (Phi) is 4.64. The second-order valence-corrected chi connectivity index (χ2v) is 3.95. The van der Waals surface area contributed by atoms with Gasteiger partial charge in [-0.1, -0.05) is 0 Å². The predicted octanol–water partition coefficient (Wildman–Crippen LogP) is -1.09. The number of carbonyl (C=O) groups excluding carboxylic acids is 3. The van der Waals surface area contributed by atoms with E-state index in [0.717, 1.165) is 4.90 Å². The van der Waals surface area contributed by atoms with Crippen molar-refractivity contribution in [3.8, 4) is 0 Å². The molecule has 0 aromatic rings. The second-order valence-electron chi connectivity index (χ2n) is 3.95. The van der Waals surface area contributed by atoms with E-state index in [2.05, 4.69) is 10.6 Å². The molecule has 1 saturated heterocycles. The monoisotopic (exact) mass is 257 g/mol. The first kappa shape index (κ1) is 13.9. The molecule has 18 heavy (non-hydrogen) atoms. The smallest absolute Gasteiger partial charge is 0.318 e. The average molecular weight is 257 g/mol. The highest BCUT2D eigenvalue weighted by Gasteiger charge is 2.33. The first-order chi connectivity index (χ1) is 8.41. The standard InChI is InChI=1S/C10H15N3O5/c1-6-9(17)12-7(14)5-13(6)10(18)11-4-2-3-8(15)16/h6H,2-5H2,1H3,(H,11,18)(H,15,16)(H,12,14,17). The zero-order valence-corrected chi connectivity index (χ0v) is 9.93. The van der Waals surface area contributed by atoms with Crippen molar-refractivity contribution in [1.29, 1.82) is 0 Å². The molecule has 0 radical (unpaired) electrons. The lowest BCUT2D eigenvalue weighted by Crippen LogP contribution is -2.60. The van der Waals surface area contributed by atoms with Gasteiger partial charge >= 0.3 is 12.0 Å². The van der Waals surface area contributed by atoms with Gasteiger partial charge in [-0.05, 0) is 13.3 Å². The van der Waals surface area contributed by atoms with E-state index in [1.165, 1.54) is 6.92 Å². The summed E-state index contributed by atoms with van der Waals surface area (Å²) >= 11 is 0. The minimum absolute atomic E-state index is 0.0464. The number of hydrogen-bond acceptors (Lipinski definition) is 4. The quantitative estimate of drug-likeness (QED) is 0.437. The molecule has 1 aliphatic rings. The fourth-order valence-electron chi connectivity index (χ4n) is 1.50. The Labute approximate surface area is 103 Å². The van der Waals surface area contributed by atoms with Crippen molar-refractivity contribution in [2.75, 3.05) is 13.1 Å². The van der Waals surface area contributed by atoms with Crippen LogP contribution in [0.2, 0.25) is 0 Å². The molecule has 8 nitrogen and oxygen atoms in total. The number of nitrogens with one attached hydrogen (secondary N) is 2. The van der Waals surface area contributed by atoms with Crippen molar-refractivity contribution in [3.63, 3.8) is 0 Å². The van der Waals surface area contributed by atoms with Crippen molar-refractivity contribution < 1.29 is 24.3 Å². The zero-order chi connectivity index (χ0) is 13.7. The van der Waals surface area contributed by atoms with Gasteiger partial charge in [0.1, 0.15) is 12.6 Å². The van der Waals surface area contributed by atoms with Crippen LogP contribution in [0.4, 0.5) is 4.79 Å². The van der Waals surface area contributed by atoms with E-state index in [0.29, 0.717) is 6.42 Å². The summed E-state index contributed by atoms with van der Waals surface area (Å²) in [6.07, 6.45) is 0.249. The summed E-state index contributed by atoms with van der Waals surface area (Å²) in [6, 6.07) is -1.27. The molecule has 4 amide bonds. The van der Waals surface area contributed by atoms with Gasteiger partial charge in [0.25, 0.3) is 0 Å². The van der Waals surface area contributed by atoms with Crippen LogP contribution in [0.1, 0.15) is 19.8 Å². The third-order valence-corrected chi connectivity index (χ3v) is 2.53. The van der Waals surface area contributed by atoms with Gasteiger partial charge in [0.2, 0.25) is 11.8 Å². The Morgan fingerprint density at radius 3 is 2.78 bits per heavy atom. The number of carboxylic acids is 1. The van der Waals surface area contributed by atoms with E-state index in [1.807, 2.05) is 0 Å². The summed E-state index contributed by atoms with van der Waals surface area (Å²) in [5.74, 6) is -1.99. The van der Waals surface area contributed by atoms with Gasteiger partial charge in [0.15, 0.2) is 0 Å². The molecule has 0 saturated carbocycles. The average Bonchev–Trinajstić information content (AvgIpc) is 2.28. The van der Waals surface area contributed by atoms with Gasteiger partial charge in [-0.25, -0.2) is 4.79 Å². The van der Waals surface area contributed by atoms with E-state index in [9.17, 15) is 19.2 Å². The maximum Gasteiger partial charge on any atom is 0.318 e. The lowest BCUT2D eigenvalue weighted by atomic mass is 10.2. The van der Waals surface area contributed by atoms with Crippen LogP contribution < -0.4 is 10.6 Å². The Morgan fingerprint density at radius 2 is 2.17 bits per heavy atom. The van der Waals surface area contributed by atoms with Gasteiger partial charge in [-0.3, -0.25) is 19.7 Å². The van der Waals surface area contributed by atoms with Crippen LogP contribution in [-0.4, -0.2) is 53.0 Å². The molecule has 8 heteroatoms. The van der Waals surface area contributed by atoms with Crippen LogP contribution in [0.25, 0.3) is 0 Å². The first-order valence-electron chi connectivity index (χ1n) is 5.51. The Morgan fingerprint density at radius 1 is 1.50 bits per heavy atom. The fourth-order valence-corrected chi connectivity index (χ4v) is 1.50. The number of rotatable bonds is 4. The van der Waals surface area contributed by atoms with E-state index >= 15 is 0 Å². The topological polar surface area (TPSA) is 116 Å². The van der Waals surface area contributed by atoms with Crippen molar-refractivity contribution in [2.24, 2.45) is 0 Å². The third-order valence-electron chi connectivity index (χ3n) is 2.53. The van der Waals surface area contributed by atoms with Crippen LogP contribution in [0, 0.1) is 0 Å². The van der Waals surface area contributed by atoms with Gasteiger partial charge in [0.05, 0.1) is 0 Å². The maximum absolute atomic E-state index is 11.7. The summed E-state index contributed by atoms with van der Waals surface area (Å²) in [5, 5.41) is 13.0. The highest BCUT2D eigenvalue weighted by molar-refractivity contribution is 6.03. The van der Waals surface area contributed by atoms with Gasteiger partial charge in [-0.2, -0.15) is 0 Å². The largest absolute Gasteiger partial charge is 0.481 e. The van der Waals surface area contributed by atoms with Crippen molar-refractivity contribution >= 4 is 23.8 Å². The minimum atomic E-state index is -0.940. The number of hydrogen-bond donors (Lipinski definition) is 3. The molecule has 0 bridgehead atoms. The van der Waals surface area contributed by atoms with Crippen molar-refractivity contribution in [3.05, 3.63) is 0 Å². The molecule has 1 atom stereocenters. The molecule has 0 aromatic carbocycles. The van der Waals surface area contributed by atoms with Crippen LogP contribution in [0.5, 0.6) is 0 Å². The fraction of sp³-hybridized carbons (Fsp3) is 0.600. The summed E-state index contributed by atoms with van der Waals surface area (Å²) in [4.78, 5) is 45.5. The number of piperazine rings is 1. The highest BCUT2D eigenvalue weighted by Crippen LogP contribution is 2.04. The summed E-state index contributed by atoms with van der Waals surface area (Å²) < 4.78 is 0. The number of amides is 4. The molecule has 100 valence electrons. The van der Waals surface area contributed by atoms with Crippen molar-refractivity contribution in [2.45, 2.75) is 25.8 Å². The molecule has 0 spiro atoms. The Balaban J connectivity index is 2.42. The number of aliphatic carboxylic acids is 1. The van der Waals surface area contributed by atoms with E-state index in [1.54, 1.807) is 0 Å². The minimum Gasteiger partial charge on any atom is -0.481 e. The number of carbonyl (C=O) groups is 4. The highest BCUT2D eigenvalue weighted by atomic mass is 16.4.